The Hall–Kier alpha value is -1.89. The fraction of sp³-hybridized carbons (Fsp3) is 0.364. The first-order valence-corrected chi connectivity index (χ1v) is 4.74. The van der Waals surface area contributed by atoms with Gasteiger partial charge >= 0.3 is 5.97 Å². The number of hydrogen-bond donors (Lipinski definition) is 0. The Labute approximate surface area is 87.5 Å². The van der Waals surface area contributed by atoms with Crippen molar-refractivity contribution in [3.8, 4) is 6.07 Å². The number of esters is 1. The van der Waals surface area contributed by atoms with Gasteiger partial charge in [0.25, 0.3) is 0 Å². The number of carbonyl (C=O) groups is 1. The molecule has 15 heavy (non-hydrogen) atoms. The van der Waals surface area contributed by atoms with E-state index >= 15 is 0 Å². The van der Waals surface area contributed by atoms with Gasteiger partial charge in [0.15, 0.2) is 5.69 Å². The van der Waals surface area contributed by atoms with E-state index in [0.29, 0.717) is 17.2 Å². The maximum absolute atomic E-state index is 11.4. The van der Waals surface area contributed by atoms with Crippen molar-refractivity contribution in [2.75, 3.05) is 7.11 Å². The van der Waals surface area contributed by atoms with Crippen molar-refractivity contribution in [3.63, 3.8) is 0 Å². The highest BCUT2D eigenvalue weighted by atomic mass is 16.5. The van der Waals surface area contributed by atoms with E-state index in [1.165, 1.54) is 13.3 Å². The lowest BCUT2D eigenvalue weighted by Gasteiger charge is -2.05. The number of nitriles is 1. The molecule has 1 aliphatic rings. The average Bonchev–Trinajstić information content (AvgIpc) is 3.11. The van der Waals surface area contributed by atoms with E-state index in [9.17, 15) is 4.79 Å². The lowest BCUT2D eigenvalue weighted by molar-refractivity contribution is 0.0592. The molecule has 0 unspecified atom stereocenters. The molecule has 0 spiro atoms. The molecule has 0 saturated heterocycles. The molecule has 1 heterocycles. The summed E-state index contributed by atoms with van der Waals surface area (Å²) in [6, 6.07) is 3.75. The van der Waals surface area contributed by atoms with Gasteiger partial charge in [-0.1, -0.05) is 0 Å². The number of pyridine rings is 1. The van der Waals surface area contributed by atoms with E-state index in [1.54, 1.807) is 6.07 Å². The summed E-state index contributed by atoms with van der Waals surface area (Å²) in [6.07, 6.45) is 3.51. The van der Waals surface area contributed by atoms with Gasteiger partial charge in [-0.15, -0.1) is 0 Å². The van der Waals surface area contributed by atoms with Gasteiger partial charge in [0.1, 0.15) is 6.07 Å². The van der Waals surface area contributed by atoms with Crippen LogP contribution in [0.2, 0.25) is 0 Å². The van der Waals surface area contributed by atoms with Crippen molar-refractivity contribution in [1.82, 2.24) is 4.98 Å². The third-order valence-corrected chi connectivity index (χ3v) is 2.44. The minimum Gasteiger partial charge on any atom is -0.464 e. The molecule has 1 fully saturated rings. The second kappa shape index (κ2) is 3.70. The van der Waals surface area contributed by atoms with Crippen LogP contribution in [0.4, 0.5) is 0 Å². The van der Waals surface area contributed by atoms with Crippen LogP contribution in [0, 0.1) is 11.3 Å². The quantitative estimate of drug-likeness (QED) is 0.683. The zero-order valence-electron chi connectivity index (χ0n) is 8.36. The van der Waals surface area contributed by atoms with Crippen LogP contribution in [0.5, 0.6) is 0 Å². The number of carbonyl (C=O) groups excluding carboxylic acids is 1. The summed E-state index contributed by atoms with van der Waals surface area (Å²) in [5, 5.41) is 8.74. The number of nitrogens with zero attached hydrogens (tertiary/aromatic N) is 2. The largest absolute Gasteiger partial charge is 0.464 e. The maximum Gasteiger partial charge on any atom is 0.356 e. The first-order chi connectivity index (χ1) is 7.26. The molecule has 0 amide bonds. The monoisotopic (exact) mass is 202 g/mol. The van der Waals surface area contributed by atoms with Gasteiger partial charge in [0.05, 0.1) is 12.7 Å². The summed E-state index contributed by atoms with van der Waals surface area (Å²) in [7, 11) is 1.33. The third kappa shape index (κ3) is 1.82. The summed E-state index contributed by atoms with van der Waals surface area (Å²) in [5.41, 5.74) is 1.68. The van der Waals surface area contributed by atoms with Crippen molar-refractivity contribution in [2.24, 2.45) is 0 Å². The van der Waals surface area contributed by atoms with Crippen LogP contribution >= 0.6 is 0 Å². The Morgan fingerprint density at radius 1 is 1.67 bits per heavy atom. The highest BCUT2D eigenvalue weighted by Crippen LogP contribution is 2.41. The minimum atomic E-state index is -0.429. The topological polar surface area (TPSA) is 63.0 Å². The summed E-state index contributed by atoms with van der Waals surface area (Å²) in [5.74, 6) is -0.0544. The fourth-order valence-electron chi connectivity index (χ4n) is 1.52. The highest BCUT2D eigenvalue weighted by Gasteiger charge is 2.29. The van der Waals surface area contributed by atoms with Gasteiger partial charge in [-0.05, 0) is 30.4 Å². The lowest BCUT2D eigenvalue weighted by atomic mass is 10.1. The molecule has 4 nitrogen and oxygen atoms in total. The number of aromatic nitrogens is 1. The van der Waals surface area contributed by atoms with Crippen LogP contribution in [-0.4, -0.2) is 18.1 Å². The SMILES string of the molecule is COC(=O)c1ncc(C#N)cc1C1CC1. The van der Waals surface area contributed by atoms with Gasteiger partial charge in [-0.25, -0.2) is 9.78 Å². The van der Waals surface area contributed by atoms with E-state index in [2.05, 4.69) is 9.72 Å². The van der Waals surface area contributed by atoms with Crippen LogP contribution in [0.25, 0.3) is 0 Å². The number of methoxy groups -OCH3 is 1. The summed E-state index contributed by atoms with van der Waals surface area (Å²) in [6.45, 7) is 0. The van der Waals surface area contributed by atoms with Gasteiger partial charge in [0.2, 0.25) is 0 Å². The molecule has 2 rings (SSSR count). The van der Waals surface area contributed by atoms with Gasteiger partial charge in [0, 0.05) is 6.20 Å². The smallest absolute Gasteiger partial charge is 0.356 e. The standard InChI is InChI=1S/C11H10N2O2/c1-15-11(14)10-9(8-2-3-8)4-7(5-12)6-13-10/h4,6,8H,2-3H2,1H3. The molecule has 1 saturated carbocycles. The molecule has 0 aromatic carbocycles. The van der Waals surface area contributed by atoms with Crippen LogP contribution in [0.15, 0.2) is 12.3 Å². The highest BCUT2D eigenvalue weighted by molar-refractivity contribution is 5.89. The molecular weight excluding hydrogens is 192 g/mol. The molecule has 0 N–H and O–H groups in total. The van der Waals surface area contributed by atoms with E-state index in [4.69, 9.17) is 5.26 Å². The zero-order valence-corrected chi connectivity index (χ0v) is 8.36. The van der Waals surface area contributed by atoms with Crippen LogP contribution < -0.4 is 0 Å². The van der Waals surface area contributed by atoms with Crippen LogP contribution in [0.1, 0.15) is 40.4 Å². The number of hydrogen-bond acceptors (Lipinski definition) is 4. The van der Waals surface area contributed by atoms with E-state index in [1.807, 2.05) is 6.07 Å². The fourth-order valence-corrected chi connectivity index (χ4v) is 1.52. The first-order valence-electron chi connectivity index (χ1n) is 4.74. The number of rotatable bonds is 2. The number of ether oxygens (including phenoxy) is 1. The first kappa shape index (κ1) is 9.66. The predicted octanol–water partition coefficient (Wildman–Crippen LogP) is 1.62. The normalized spacial score (nSPS) is 14.4. The molecular formula is C11H10N2O2. The van der Waals surface area contributed by atoms with Crippen LogP contribution in [0.3, 0.4) is 0 Å². The summed E-state index contributed by atoms with van der Waals surface area (Å²) >= 11 is 0. The Kier molecular flexibility index (Phi) is 2.38. The Morgan fingerprint density at radius 2 is 2.40 bits per heavy atom. The minimum absolute atomic E-state index is 0.346. The average molecular weight is 202 g/mol. The van der Waals surface area contributed by atoms with Crippen molar-refractivity contribution < 1.29 is 9.53 Å². The molecule has 4 heteroatoms. The molecule has 0 bridgehead atoms. The second-order valence-electron chi connectivity index (χ2n) is 3.54. The summed E-state index contributed by atoms with van der Waals surface area (Å²) < 4.78 is 4.64. The van der Waals surface area contributed by atoms with Gasteiger partial charge in [-0.3, -0.25) is 0 Å². The Bertz CT molecular complexity index is 444. The van der Waals surface area contributed by atoms with E-state index in [-0.39, 0.29) is 0 Å². The van der Waals surface area contributed by atoms with Crippen LogP contribution in [-0.2, 0) is 4.74 Å². The molecule has 0 aliphatic heterocycles. The van der Waals surface area contributed by atoms with E-state index < -0.39 is 5.97 Å². The lowest BCUT2D eigenvalue weighted by Crippen LogP contribution is -2.08. The van der Waals surface area contributed by atoms with E-state index in [0.717, 1.165) is 18.4 Å². The van der Waals surface area contributed by atoms with Gasteiger partial charge in [-0.2, -0.15) is 5.26 Å². The van der Waals surface area contributed by atoms with Gasteiger partial charge < -0.3 is 4.74 Å². The Balaban J connectivity index is 2.45. The van der Waals surface area contributed by atoms with Crippen molar-refractivity contribution >= 4 is 5.97 Å². The molecule has 1 aliphatic carbocycles. The summed E-state index contributed by atoms with van der Waals surface area (Å²) in [4.78, 5) is 15.4. The third-order valence-electron chi connectivity index (χ3n) is 2.44. The van der Waals surface area contributed by atoms with Crippen molar-refractivity contribution in [1.29, 1.82) is 5.26 Å². The zero-order chi connectivity index (χ0) is 10.8. The Morgan fingerprint density at radius 3 is 2.93 bits per heavy atom. The van der Waals surface area contributed by atoms with Crippen molar-refractivity contribution in [3.05, 3.63) is 29.1 Å². The molecule has 0 radical (unpaired) electrons. The molecule has 76 valence electrons. The van der Waals surface area contributed by atoms with Crippen molar-refractivity contribution in [2.45, 2.75) is 18.8 Å². The molecule has 1 aromatic heterocycles. The predicted molar refractivity (Wildman–Crippen MR) is 52.3 cm³/mol. The maximum atomic E-state index is 11.4. The second-order valence-corrected chi connectivity index (χ2v) is 3.54. The molecule has 0 atom stereocenters. The molecule has 1 aromatic rings.